The molecule has 0 spiro atoms. The SMILES string of the molecule is CNCCCC(C)c1ccc(C(=O)O)cc1. The largest absolute Gasteiger partial charge is 0.478 e. The van der Waals surface area contributed by atoms with E-state index in [4.69, 9.17) is 5.11 Å². The highest BCUT2D eigenvalue weighted by molar-refractivity contribution is 5.87. The zero-order valence-corrected chi connectivity index (χ0v) is 9.86. The van der Waals surface area contributed by atoms with Crippen LogP contribution in [0.3, 0.4) is 0 Å². The molecule has 16 heavy (non-hydrogen) atoms. The van der Waals surface area contributed by atoms with E-state index in [1.54, 1.807) is 12.1 Å². The lowest BCUT2D eigenvalue weighted by Gasteiger charge is -2.11. The molecule has 1 rings (SSSR count). The number of rotatable bonds is 6. The first-order valence-corrected chi connectivity index (χ1v) is 5.63. The standard InChI is InChI=1S/C13H19NO2/c1-10(4-3-9-14-2)11-5-7-12(8-6-11)13(15)16/h5-8,10,14H,3-4,9H2,1-2H3,(H,15,16). The molecule has 0 bridgehead atoms. The lowest BCUT2D eigenvalue weighted by molar-refractivity contribution is 0.0697. The van der Waals surface area contributed by atoms with Crippen LogP contribution in [0.1, 0.15) is 41.6 Å². The molecular weight excluding hydrogens is 202 g/mol. The Kier molecular flexibility index (Phi) is 4.99. The Balaban J connectivity index is 2.56. The van der Waals surface area contributed by atoms with Crippen LogP contribution in [-0.4, -0.2) is 24.7 Å². The first-order valence-electron chi connectivity index (χ1n) is 5.63. The van der Waals surface area contributed by atoms with Gasteiger partial charge >= 0.3 is 5.97 Å². The fourth-order valence-corrected chi connectivity index (χ4v) is 1.71. The second kappa shape index (κ2) is 6.28. The molecule has 0 aromatic heterocycles. The topological polar surface area (TPSA) is 49.3 Å². The Hall–Kier alpha value is -1.35. The van der Waals surface area contributed by atoms with Gasteiger partial charge in [-0.05, 0) is 50.0 Å². The van der Waals surface area contributed by atoms with E-state index in [0.29, 0.717) is 11.5 Å². The van der Waals surface area contributed by atoms with Gasteiger partial charge in [0, 0.05) is 0 Å². The lowest BCUT2D eigenvalue weighted by Crippen LogP contribution is -2.08. The van der Waals surface area contributed by atoms with Crippen LogP contribution in [0.25, 0.3) is 0 Å². The maximum atomic E-state index is 10.7. The Morgan fingerprint density at radius 2 is 2.00 bits per heavy atom. The summed E-state index contributed by atoms with van der Waals surface area (Å²) in [6.07, 6.45) is 2.26. The number of benzene rings is 1. The zero-order valence-electron chi connectivity index (χ0n) is 9.86. The minimum Gasteiger partial charge on any atom is -0.478 e. The number of carboxylic acids is 1. The van der Waals surface area contributed by atoms with Crippen molar-refractivity contribution in [3.05, 3.63) is 35.4 Å². The second-order valence-electron chi connectivity index (χ2n) is 4.07. The highest BCUT2D eigenvalue weighted by Crippen LogP contribution is 2.20. The Labute approximate surface area is 96.5 Å². The maximum Gasteiger partial charge on any atom is 0.335 e. The van der Waals surface area contributed by atoms with Crippen molar-refractivity contribution in [2.75, 3.05) is 13.6 Å². The molecule has 0 aliphatic heterocycles. The van der Waals surface area contributed by atoms with Crippen molar-refractivity contribution in [3.63, 3.8) is 0 Å². The number of nitrogens with one attached hydrogen (secondary N) is 1. The molecule has 1 atom stereocenters. The molecule has 0 aliphatic rings. The average Bonchev–Trinajstić information content (AvgIpc) is 2.29. The van der Waals surface area contributed by atoms with Crippen LogP contribution in [0.2, 0.25) is 0 Å². The van der Waals surface area contributed by atoms with Gasteiger partial charge < -0.3 is 10.4 Å². The minimum atomic E-state index is -0.866. The molecule has 2 N–H and O–H groups in total. The van der Waals surface area contributed by atoms with Gasteiger partial charge in [0.05, 0.1) is 5.56 Å². The quantitative estimate of drug-likeness (QED) is 0.725. The number of carbonyl (C=O) groups is 1. The van der Waals surface area contributed by atoms with Crippen LogP contribution >= 0.6 is 0 Å². The molecule has 1 aromatic rings. The van der Waals surface area contributed by atoms with Gasteiger partial charge in [0.1, 0.15) is 0 Å². The van der Waals surface area contributed by atoms with Gasteiger partial charge in [-0.1, -0.05) is 19.1 Å². The normalized spacial score (nSPS) is 12.4. The van der Waals surface area contributed by atoms with E-state index in [0.717, 1.165) is 19.4 Å². The van der Waals surface area contributed by atoms with Gasteiger partial charge in [0.15, 0.2) is 0 Å². The monoisotopic (exact) mass is 221 g/mol. The summed E-state index contributed by atoms with van der Waals surface area (Å²) in [4.78, 5) is 10.7. The maximum absolute atomic E-state index is 10.7. The molecule has 0 radical (unpaired) electrons. The second-order valence-corrected chi connectivity index (χ2v) is 4.07. The van der Waals surface area contributed by atoms with Crippen molar-refractivity contribution in [2.24, 2.45) is 0 Å². The van der Waals surface area contributed by atoms with E-state index in [-0.39, 0.29) is 0 Å². The summed E-state index contributed by atoms with van der Waals surface area (Å²) in [7, 11) is 1.95. The molecule has 0 amide bonds. The molecule has 0 saturated heterocycles. The van der Waals surface area contributed by atoms with Crippen LogP contribution in [0.4, 0.5) is 0 Å². The van der Waals surface area contributed by atoms with E-state index in [9.17, 15) is 4.79 Å². The summed E-state index contributed by atoms with van der Waals surface area (Å²) < 4.78 is 0. The van der Waals surface area contributed by atoms with Crippen LogP contribution in [0.5, 0.6) is 0 Å². The van der Waals surface area contributed by atoms with Crippen LogP contribution in [0.15, 0.2) is 24.3 Å². The van der Waals surface area contributed by atoms with Crippen molar-refractivity contribution in [1.29, 1.82) is 0 Å². The summed E-state index contributed by atoms with van der Waals surface area (Å²) in [5.41, 5.74) is 1.56. The van der Waals surface area contributed by atoms with Gasteiger partial charge in [-0.15, -0.1) is 0 Å². The molecule has 0 aliphatic carbocycles. The third-order valence-corrected chi connectivity index (χ3v) is 2.79. The molecule has 1 unspecified atom stereocenters. The third kappa shape index (κ3) is 3.66. The molecule has 3 heteroatoms. The average molecular weight is 221 g/mol. The van der Waals surface area contributed by atoms with E-state index >= 15 is 0 Å². The summed E-state index contributed by atoms with van der Waals surface area (Å²) >= 11 is 0. The number of aromatic carboxylic acids is 1. The van der Waals surface area contributed by atoms with Crippen molar-refractivity contribution in [1.82, 2.24) is 5.32 Å². The minimum absolute atomic E-state index is 0.353. The predicted molar refractivity (Wildman–Crippen MR) is 65.0 cm³/mol. The first-order chi connectivity index (χ1) is 7.65. The fraction of sp³-hybridized carbons (Fsp3) is 0.462. The fourth-order valence-electron chi connectivity index (χ4n) is 1.71. The summed E-state index contributed by atoms with van der Waals surface area (Å²) in [5.74, 6) is -0.384. The number of carboxylic acid groups (broad SMARTS) is 1. The van der Waals surface area contributed by atoms with Crippen molar-refractivity contribution in [3.8, 4) is 0 Å². The summed E-state index contributed by atoms with van der Waals surface area (Å²) in [6.45, 7) is 3.20. The van der Waals surface area contributed by atoms with E-state index < -0.39 is 5.97 Å². The first kappa shape index (κ1) is 12.7. The van der Waals surface area contributed by atoms with Crippen molar-refractivity contribution in [2.45, 2.75) is 25.7 Å². The van der Waals surface area contributed by atoms with Gasteiger partial charge in [0.2, 0.25) is 0 Å². The van der Waals surface area contributed by atoms with Crippen LogP contribution in [-0.2, 0) is 0 Å². The number of hydrogen-bond donors (Lipinski definition) is 2. The highest BCUT2D eigenvalue weighted by atomic mass is 16.4. The van der Waals surface area contributed by atoms with Gasteiger partial charge in [0.25, 0.3) is 0 Å². The van der Waals surface area contributed by atoms with Crippen LogP contribution in [0, 0.1) is 0 Å². The van der Waals surface area contributed by atoms with Crippen molar-refractivity contribution >= 4 is 5.97 Å². The van der Waals surface area contributed by atoms with Gasteiger partial charge in [-0.25, -0.2) is 4.79 Å². The highest BCUT2D eigenvalue weighted by Gasteiger charge is 2.07. The van der Waals surface area contributed by atoms with E-state index in [2.05, 4.69) is 12.2 Å². The molecule has 0 saturated carbocycles. The zero-order chi connectivity index (χ0) is 12.0. The molecule has 1 aromatic carbocycles. The Bertz CT molecular complexity index is 332. The van der Waals surface area contributed by atoms with E-state index in [1.165, 1.54) is 5.56 Å². The van der Waals surface area contributed by atoms with Crippen molar-refractivity contribution < 1.29 is 9.90 Å². The van der Waals surface area contributed by atoms with Gasteiger partial charge in [-0.3, -0.25) is 0 Å². The molecular formula is C13H19NO2. The molecule has 0 heterocycles. The smallest absolute Gasteiger partial charge is 0.335 e. The third-order valence-electron chi connectivity index (χ3n) is 2.79. The van der Waals surface area contributed by atoms with Crippen LogP contribution < -0.4 is 5.32 Å². The summed E-state index contributed by atoms with van der Waals surface area (Å²) in [6, 6.07) is 7.17. The Morgan fingerprint density at radius 3 is 2.50 bits per heavy atom. The number of hydrogen-bond acceptors (Lipinski definition) is 2. The molecule has 88 valence electrons. The van der Waals surface area contributed by atoms with Gasteiger partial charge in [-0.2, -0.15) is 0 Å². The lowest BCUT2D eigenvalue weighted by atomic mass is 9.95. The molecule has 3 nitrogen and oxygen atoms in total. The molecule has 0 fully saturated rings. The Morgan fingerprint density at radius 1 is 1.38 bits per heavy atom. The summed E-state index contributed by atoms with van der Waals surface area (Å²) in [5, 5.41) is 11.9. The van der Waals surface area contributed by atoms with E-state index in [1.807, 2.05) is 19.2 Å². The predicted octanol–water partition coefficient (Wildman–Crippen LogP) is 2.49.